The second-order valence-electron chi connectivity index (χ2n) is 8.06. The minimum Gasteiger partial charge on any atom is -0.241 e. The number of quaternary nitrogens is 3. The zero-order chi connectivity index (χ0) is 17.4. The third kappa shape index (κ3) is 2.88. The largest absolute Gasteiger partial charge is 0.241 e. The summed E-state index contributed by atoms with van der Waals surface area (Å²) in [6, 6.07) is 20.9. The first kappa shape index (κ1) is 15.9. The van der Waals surface area contributed by atoms with Gasteiger partial charge in [0.1, 0.15) is 19.6 Å². The second kappa shape index (κ2) is 6.43. The van der Waals surface area contributed by atoms with Crippen LogP contribution in [-0.4, -0.2) is 51.6 Å². The fourth-order valence-electron chi connectivity index (χ4n) is 5.26. The highest BCUT2D eigenvalue weighted by molar-refractivity contribution is 6.05. The van der Waals surface area contributed by atoms with Crippen LogP contribution in [0.3, 0.4) is 0 Å². The van der Waals surface area contributed by atoms with Gasteiger partial charge in [0.15, 0.2) is 5.41 Å². The van der Waals surface area contributed by atoms with Gasteiger partial charge in [0, 0.05) is 0 Å². The van der Waals surface area contributed by atoms with Crippen molar-refractivity contribution in [1.29, 1.82) is 0 Å². The Labute approximate surface area is 154 Å². The minimum atomic E-state index is 0.143. The van der Waals surface area contributed by atoms with Crippen molar-refractivity contribution in [3.8, 4) is 0 Å². The highest BCUT2D eigenvalue weighted by Gasteiger charge is 2.60. The first-order chi connectivity index (χ1) is 12.8. The van der Waals surface area contributed by atoms with E-state index < -0.39 is 0 Å². The zero-order valence-electron chi connectivity index (χ0n) is 15.0. The fraction of sp³-hybridized carbons (Fsp3) is 0.333. The van der Waals surface area contributed by atoms with Gasteiger partial charge in [-0.2, -0.15) is 10.2 Å². The van der Waals surface area contributed by atoms with Crippen LogP contribution in [-0.2, 0) is 0 Å². The van der Waals surface area contributed by atoms with Crippen LogP contribution in [0.5, 0.6) is 0 Å². The van der Waals surface area contributed by atoms with Crippen molar-refractivity contribution in [2.24, 2.45) is 15.6 Å². The van der Waals surface area contributed by atoms with Crippen LogP contribution in [0.2, 0.25) is 0 Å². The Balaban J connectivity index is 1.53. The molecule has 2 aromatic carbocycles. The van der Waals surface area contributed by atoms with E-state index in [-0.39, 0.29) is 5.41 Å². The monoisotopic (exact) mass is 348 g/mol. The Morgan fingerprint density at radius 1 is 0.769 bits per heavy atom. The molecule has 26 heavy (non-hydrogen) atoms. The molecule has 0 unspecified atom stereocenters. The second-order valence-corrected chi connectivity index (χ2v) is 8.06. The van der Waals surface area contributed by atoms with Gasteiger partial charge in [-0.05, 0) is 11.1 Å². The normalized spacial score (nSPS) is 33.1. The quantitative estimate of drug-likeness (QED) is 0.425. The van der Waals surface area contributed by atoms with E-state index in [2.05, 4.69) is 47.6 Å². The van der Waals surface area contributed by atoms with E-state index in [9.17, 15) is 0 Å². The first-order valence-corrected chi connectivity index (χ1v) is 9.53. The van der Waals surface area contributed by atoms with Gasteiger partial charge >= 0.3 is 0 Å². The molecule has 0 aliphatic carbocycles. The molecule has 4 saturated heterocycles. The van der Waals surface area contributed by atoms with Crippen LogP contribution >= 0.6 is 0 Å². The van der Waals surface area contributed by atoms with E-state index in [4.69, 9.17) is 5.10 Å². The van der Waals surface area contributed by atoms with E-state index in [0.717, 1.165) is 5.56 Å². The Morgan fingerprint density at radius 3 is 1.88 bits per heavy atom. The predicted octanol–water partition coefficient (Wildman–Crippen LogP) is -1.94. The van der Waals surface area contributed by atoms with Gasteiger partial charge in [0.25, 0.3) is 0 Å². The summed E-state index contributed by atoms with van der Waals surface area (Å²) < 4.78 is 0. The molecule has 4 heterocycles. The van der Waals surface area contributed by atoms with Gasteiger partial charge in [-0.3, -0.25) is 0 Å². The van der Waals surface area contributed by atoms with Crippen LogP contribution in [0.25, 0.3) is 0 Å². The number of nitrogens with one attached hydrogen (secondary N) is 3. The maximum Gasteiger partial charge on any atom is 0.213 e. The molecule has 5 nitrogen and oxygen atoms in total. The molecule has 6 rings (SSSR count). The number of hydrogen-bond donors (Lipinski definition) is 3. The van der Waals surface area contributed by atoms with Crippen molar-refractivity contribution >= 4 is 11.9 Å². The van der Waals surface area contributed by atoms with Crippen LogP contribution in [0, 0.1) is 5.41 Å². The molecule has 4 fully saturated rings. The van der Waals surface area contributed by atoms with Crippen LogP contribution < -0.4 is 14.7 Å². The van der Waals surface area contributed by atoms with Gasteiger partial charge in [0.2, 0.25) is 20.0 Å². The molecule has 4 aliphatic rings. The molecule has 0 radical (unpaired) electrons. The van der Waals surface area contributed by atoms with Crippen molar-refractivity contribution in [2.45, 2.75) is 0 Å². The number of nitrogens with zero attached hydrogens (tertiary/aromatic N) is 2. The molecule has 0 spiro atoms. The highest BCUT2D eigenvalue weighted by atomic mass is 15.5. The predicted molar refractivity (Wildman–Crippen MR) is 102 cm³/mol. The van der Waals surface area contributed by atoms with Gasteiger partial charge in [-0.25, -0.2) is 14.7 Å². The van der Waals surface area contributed by atoms with Crippen LogP contribution in [0.1, 0.15) is 11.1 Å². The summed E-state index contributed by atoms with van der Waals surface area (Å²) in [5, 5.41) is 9.34. The minimum absolute atomic E-state index is 0.143. The van der Waals surface area contributed by atoms with Crippen LogP contribution in [0.4, 0.5) is 0 Å². The van der Waals surface area contributed by atoms with Crippen molar-refractivity contribution < 1.29 is 14.7 Å². The lowest BCUT2D eigenvalue weighted by Gasteiger charge is -2.52. The number of benzene rings is 2. The SMILES string of the molecule is C(=N/N=C(\c1ccccc1)C12C[NH+]3C[NH+](C[NH+](C3)C1)C2)/c1ccccc1. The van der Waals surface area contributed by atoms with E-state index in [1.165, 1.54) is 50.9 Å². The number of hydrogen-bond acceptors (Lipinski definition) is 2. The topological polar surface area (TPSA) is 38.0 Å². The lowest BCUT2D eigenvalue weighted by atomic mass is 9.74. The zero-order valence-corrected chi connectivity index (χ0v) is 15.0. The Kier molecular flexibility index (Phi) is 3.93. The first-order valence-electron chi connectivity index (χ1n) is 9.53. The molecule has 132 valence electrons. The van der Waals surface area contributed by atoms with Crippen molar-refractivity contribution in [3.63, 3.8) is 0 Å². The molecule has 0 aromatic heterocycles. The molecular weight excluding hydrogens is 322 g/mol. The molecule has 4 bridgehead atoms. The number of rotatable bonds is 4. The smallest absolute Gasteiger partial charge is 0.213 e. The van der Waals surface area contributed by atoms with E-state index in [1.54, 1.807) is 14.7 Å². The molecule has 3 N–H and O–H groups in total. The average molecular weight is 348 g/mol. The van der Waals surface area contributed by atoms with Crippen molar-refractivity contribution in [3.05, 3.63) is 71.8 Å². The molecule has 5 heteroatoms. The summed E-state index contributed by atoms with van der Waals surface area (Å²) in [6.07, 6.45) is 1.87. The van der Waals surface area contributed by atoms with E-state index >= 15 is 0 Å². The molecule has 0 atom stereocenters. The van der Waals surface area contributed by atoms with E-state index in [0.29, 0.717) is 0 Å². The van der Waals surface area contributed by atoms with Gasteiger partial charge in [0.05, 0.1) is 11.9 Å². The summed E-state index contributed by atoms with van der Waals surface area (Å²) in [7, 11) is 0. The summed E-state index contributed by atoms with van der Waals surface area (Å²) in [5.74, 6) is 0. The Bertz CT molecular complexity index is 793. The van der Waals surface area contributed by atoms with Gasteiger partial charge in [-0.1, -0.05) is 60.7 Å². The molecule has 2 aromatic rings. The van der Waals surface area contributed by atoms with Crippen LogP contribution in [0.15, 0.2) is 70.9 Å². The van der Waals surface area contributed by atoms with Gasteiger partial charge in [-0.15, -0.1) is 0 Å². The van der Waals surface area contributed by atoms with Crippen molar-refractivity contribution in [2.75, 3.05) is 39.6 Å². The third-order valence-corrected chi connectivity index (χ3v) is 5.98. The van der Waals surface area contributed by atoms with E-state index in [1.807, 2.05) is 24.4 Å². The van der Waals surface area contributed by atoms with Gasteiger partial charge < -0.3 is 0 Å². The summed E-state index contributed by atoms with van der Waals surface area (Å²) in [4.78, 5) is 5.15. The summed E-state index contributed by atoms with van der Waals surface area (Å²) in [5.41, 5.74) is 3.63. The average Bonchev–Trinajstić information content (AvgIpc) is 2.65. The third-order valence-electron chi connectivity index (χ3n) is 5.98. The highest BCUT2D eigenvalue weighted by Crippen LogP contribution is 2.23. The summed E-state index contributed by atoms with van der Waals surface area (Å²) in [6.45, 7) is 7.36. The Hall–Kier alpha value is -2.34. The maximum absolute atomic E-state index is 4.83. The lowest BCUT2D eigenvalue weighted by Crippen LogP contribution is -3.56. The molecule has 0 saturated carbocycles. The molecular formula is C21H26N5+3. The molecule has 0 amide bonds. The van der Waals surface area contributed by atoms with Crippen molar-refractivity contribution in [1.82, 2.24) is 0 Å². The lowest BCUT2D eigenvalue weighted by molar-refractivity contribution is -1.30. The Morgan fingerprint density at radius 2 is 1.31 bits per heavy atom. The molecule has 4 aliphatic heterocycles. The maximum atomic E-state index is 4.83. The fourth-order valence-corrected chi connectivity index (χ4v) is 5.26. The standard InChI is InChI=1S/C21H23N5/c1-3-7-18(8-4-1)11-22-23-20(19-9-5-2-6-10-19)21-12-24-15-25(13-21)17-26(14-21)16-24/h1-11H,12-17H2/p+3/b22-11-,23-20+. The summed E-state index contributed by atoms with van der Waals surface area (Å²) >= 11 is 0.